The zero-order valence-electron chi connectivity index (χ0n) is 15.3. The first kappa shape index (κ1) is 17.3. The molecule has 124 valence electrons. The summed E-state index contributed by atoms with van der Waals surface area (Å²) in [5.41, 5.74) is 4.78. The summed E-state index contributed by atoms with van der Waals surface area (Å²) in [5, 5.41) is 0. The molecule has 2 rings (SSSR count). The van der Waals surface area contributed by atoms with Crippen molar-refractivity contribution in [3.63, 3.8) is 0 Å². The van der Waals surface area contributed by atoms with Crippen LogP contribution in [0, 0.1) is 19.3 Å². The molecule has 1 heterocycles. The first-order valence-electron chi connectivity index (χ1n) is 8.90. The van der Waals surface area contributed by atoms with Crippen molar-refractivity contribution < 1.29 is 0 Å². The van der Waals surface area contributed by atoms with Crippen molar-refractivity contribution in [1.29, 1.82) is 0 Å². The Kier molecular flexibility index (Phi) is 5.91. The highest BCUT2D eigenvalue weighted by Crippen LogP contribution is 2.24. The second-order valence-corrected chi connectivity index (χ2v) is 8.07. The minimum Gasteiger partial charge on any atom is -0.369 e. The lowest BCUT2D eigenvalue weighted by molar-refractivity contribution is 0.245. The Morgan fingerprint density at radius 2 is 1.64 bits per heavy atom. The van der Waals surface area contributed by atoms with Crippen LogP contribution in [0.15, 0.2) is 18.2 Å². The third kappa shape index (κ3) is 5.01. The van der Waals surface area contributed by atoms with Gasteiger partial charge in [0.15, 0.2) is 0 Å². The molecule has 0 saturated carbocycles. The lowest BCUT2D eigenvalue weighted by Crippen LogP contribution is -2.46. The number of hydrogen-bond acceptors (Lipinski definition) is 2. The molecule has 22 heavy (non-hydrogen) atoms. The number of aryl methyl sites for hydroxylation is 1. The number of benzene rings is 1. The molecule has 0 N–H and O–H groups in total. The van der Waals surface area contributed by atoms with Crippen LogP contribution in [0.4, 0.5) is 5.69 Å². The third-order valence-corrected chi connectivity index (χ3v) is 4.94. The zero-order chi connectivity index (χ0) is 16.2. The highest BCUT2D eigenvalue weighted by molar-refractivity contribution is 5.56. The van der Waals surface area contributed by atoms with Crippen molar-refractivity contribution in [2.24, 2.45) is 5.41 Å². The number of nitrogens with zero attached hydrogens (tertiary/aromatic N) is 2. The smallest absolute Gasteiger partial charge is 0.0399 e. The molecule has 0 unspecified atom stereocenters. The van der Waals surface area contributed by atoms with Crippen LogP contribution in [0.25, 0.3) is 0 Å². The molecule has 1 aliphatic rings. The molecule has 1 fully saturated rings. The van der Waals surface area contributed by atoms with Gasteiger partial charge in [0, 0.05) is 31.9 Å². The van der Waals surface area contributed by atoms with Crippen molar-refractivity contribution in [2.45, 2.75) is 53.9 Å². The molecule has 2 heteroatoms. The fourth-order valence-electron chi connectivity index (χ4n) is 3.28. The maximum Gasteiger partial charge on any atom is 0.0399 e. The standard InChI is InChI=1S/C20H34N2/c1-17-9-8-10-19(18(17)2)22-15-13-21(14-16-22)12-7-6-11-20(3,4)5/h8-10H,6-7,11-16H2,1-5H3. The summed E-state index contributed by atoms with van der Waals surface area (Å²) < 4.78 is 0. The second kappa shape index (κ2) is 7.50. The molecule has 1 saturated heterocycles. The Bertz CT molecular complexity index is 465. The summed E-state index contributed by atoms with van der Waals surface area (Å²) in [6, 6.07) is 6.68. The Balaban J connectivity index is 1.75. The lowest BCUT2D eigenvalue weighted by atomic mass is 9.90. The predicted molar refractivity (Wildman–Crippen MR) is 97.9 cm³/mol. The van der Waals surface area contributed by atoms with Gasteiger partial charge < -0.3 is 4.90 Å². The molecule has 0 radical (unpaired) electrons. The minimum absolute atomic E-state index is 0.487. The van der Waals surface area contributed by atoms with E-state index < -0.39 is 0 Å². The zero-order valence-corrected chi connectivity index (χ0v) is 15.3. The van der Waals surface area contributed by atoms with Crippen LogP contribution in [-0.2, 0) is 0 Å². The van der Waals surface area contributed by atoms with Gasteiger partial charge in [-0.2, -0.15) is 0 Å². The monoisotopic (exact) mass is 302 g/mol. The fourth-order valence-corrected chi connectivity index (χ4v) is 3.28. The van der Waals surface area contributed by atoms with E-state index in [0.29, 0.717) is 5.41 Å². The van der Waals surface area contributed by atoms with Crippen LogP contribution in [0.1, 0.15) is 51.2 Å². The largest absolute Gasteiger partial charge is 0.369 e. The van der Waals surface area contributed by atoms with Crippen LogP contribution in [0.2, 0.25) is 0 Å². The van der Waals surface area contributed by atoms with E-state index in [1.54, 1.807) is 0 Å². The number of rotatable bonds is 5. The van der Waals surface area contributed by atoms with Crippen LogP contribution < -0.4 is 4.90 Å². The average Bonchev–Trinajstić information content (AvgIpc) is 2.46. The Hall–Kier alpha value is -1.02. The van der Waals surface area contributed by atoms with Gasteiger partial charge >= 0.3 is 0 Å². The quantitative estimate of drug-likeness (QED) is 0.731. The van der Waals surface area contributed by atoms with E-state index in [-0.39, 0.29) is 0 Å². The lowest BCUT2D eigenvalue weighted by Gasteiger charge is -2.37. The molecule has 0 amide bonds. The summed E-state index contributed by atoms with van der Waals surface area (Å²) in [5.74, 6) is 0. The van der Waals surface area contributed by atoms with E-state index in [1.165, 1.54) is 68.8 Å². The summed E-state index contributed by atoms with van der Waals surface area (Å²) >= 11 is 0. The molecule has 1 aromatic carbocycles. The van der Waals surface area contributed by atoms with E-state index >= 15 is 0 Å². The van der Waals surface area contributed by atoms with Crippen molar-refractivity contribution >= 4 is 5.69 Å². The molecule has 0 atom stereocenters. The number of hydrogen-bond donors (Lipinski definition) is 0. The maximum absolute atomic E-state index is 2.64. The van der Waals surface area contributed by atoms with Gasteiger partial charge in [-0.3, -0.25) is 4.90 Å². The maximum atomic E-state index is 2.64. The molecular weight excluding hydrogens is 268 g/mol. The number of piperazine rings is 1. The predicted octanol–water partition coefficient (Wildman–Crippen LogP) is 4.64. The van der Waals surface area contributed by atoms with E-state index in [4.69, 9.17) is 0 Å². The van der Waals surface area contributed by atoms with Gasteiger partial charge in [-0.1, -0.05) is 39.3 Å². The van der Waals surface area contributed by atoms with Gasteiger partial charge in [0.25, 0.3) is 0 Å². The second-order valence-electron chi connectivity index (χ2n) is 8.07. The van der Waals surface area contributed by atoms with Gasteiger partial charge in [0.05, 0.1) is 0 Å². The van der Waals surface area contributed by atoms with Crippen molar-refractivity contribution in [3.05, 3.63) is 29.3 Å². The van der Waals surface area contributed by atoms with E-state index in [1.807, 2.05) is 0 Å². The molecule has 0 spiro atoms. The third-order valence-electron chi connectivity index (χ3n) is 4.94. The van der Waals surface area contributed by atoms with Crippen LogP contribution in [-0.4, -0.2) is 37.6 Å². The first-order chi connectivity index (χ1) is 10.4. The Labute approximate surface area is 137 Å². The van der Waals surface area contributed by atoms with Gasteiger partial charge in [-0.25, -0.2) is 0 Å². The Morgan fingerprint density at radius 1 is 0.955 bits per heavy atom. The number of anilines is 1. The van der Waals surface area contributed by atoms with Gasteiger partial charge in [-0.05, 0) is 55.8 Å². The minimum atomic E-state index is 0.487. The molecule has 0 aliphatic carbocycles. The van der Waals surface area contributed by atoms with E-state index in [2.05, 4.69) is 62.6 Å². The summed E-state index contributed by atoms with van der Waals surface area (Å²) in [4.78, 5) is 5.21. The fraction of sp³-hybridized carbons (Fsp3) is 0.700. The summed E-state index contributed by atoms with van der Waals surface area (Å²) in [7, 11) is 0. The molecule has 0 aromatic heterocycles. The molecular formula is C20H34N2. The van der Waals surface area contributed by atoms with Crippen molar-refractivity contribution in [3.8, 4) is 0 Å². The molecule has 1 aliphatic heterocycles. The highest BCUT2D eigenvalue weighted by atomic mass is 15.3. The van der Waals surface area contributed by atoms with Crippen LogP contribution >= 0.6 is 0 Å². The van der Waals surface area contributed by atoms with Crippen LogP contribution in [0.3, 0.4) is 0 Å². The summed E-state index contributed by atoms with van der Waals surface area (Å²) in [6.07, 6.45) is 4.05. The van der Waals surface area contributed by atoms with Gasteiger partial charge in [0.1, 0.15) is 0 Å². The van der Waals surface area contributed by atoms with E-state index in [0.717, 1.165) is 0 Å². The normalized spacial score (nSPS) is 17.0. The highest BCUT2D eigenvalue weighted by Gasteiger charge is 2.18. The molecule has 0 bridgehead atoms. The Morgan fingerprint density at radius 3 is 2.27 bits per heavy atom. The van der Waals surface area contributed by atoms with Crippen molar-refractivity contribution in [2.75, 3.05) is 37.6 Å². The SMILES string of the molecule is Cc1cccc(N2CCN(CCCCC(C)(C)C)CC2)c1C. The van der Waals surface area contributed by atoms with Crippen molar-refractivity contribution in [1.82, 2.24) is 4.90 Å². The van der Waals surface area contributed by atoms with E-state index in [9.17, 15) is 0 Å². The molecule has 1 aromatic rings. The topological polar surface area (TPSA) is 6.48 Å². The summed E-state index contributed by atoms with van der Waals surface area (Å²) in [6.45, 7) is 17.5. The average molecular weight is 303 g/mol. The molecule has 2 nitrogen and oxygen atoms in total. The van der Waals surface area contributed by atoms with Gasteiger partial charge in [0.2, 0.25) is 0 Å². The number of unbranched alkanes of at least 4 members (excludes halogenated alkanes) is 1. The first-order valence-corrected chi connectivity index (χ1v) is 8.90. The van der Waals surface area contributed by atoms with Crippen LogP contribution in [0.5, 0.6) is 0 Å². The van der Waals surface area contributed by atoms with Gasteiger partial charge in [-0.15, -0.1) is 0 Å².